The first-order chi connectivity index (χ1) is 42.3. The van der Waals surface area contributed by atoms with Crippen molar-refractivity contribution in [2.75, 3.05) is 26.9 Å². The van der Waals surface area contributed by atoms with Crippen LogP contribution >= 0.6 is 0 Å². The predicted octanol–water partition coefficient (Wildman–Crippen LogP) is 5.20. The smallest absolute Gasteiger partial charge is 0.338 e. The molecule has 3 saturated heterocycles. The molecule has 0 amide bonds. The number of aryl methyl sites for hydroxylation is 4. The first kappa shape index (κ1) is 67.8. The van der Waals surface area contributed by atoms with Crippen LogP contribution in [0.2, 0.25) is 0 Å². The van der Waals surface area contributed by atoms with Crippen LogP contribution in [0.25, 0.3) is 0 Å². The molecule has 0 aromatic heterocycles. The number of hydrogen-bond acceptors (Lipinski definition) is 26. The Bertz CT molecular complexity index is 3160. The van der Waals surface area contributed by atoms with Gasteiger partial charge in [-0.25, -0.2) is 19.2 Å². The van der Waals surface area contributed by atoms with Crippen LogP contribution in [-0.2, 0) is 105 Å². The van der Waals surface area contributed by atoms with Gasteiger partial charge in [0.2, 0.25) is 0 Å². The average Bonchev–Trinajstić information content (AvgIpc) is 0.920. The Morgan fingerprint density at radius 1 is 0.303 bits per heavy atom. The second-order valence-corrected chi connectivity index (χ2v) is 21.1. The molecule has 0 N–H and O–H groups in total. The van der Waals surface area contributed by atoms with E-state index in [9.17, 15) is 47.9 Å². The van der Waals surface area contributed by atoms with E-state index in [-0.39, 0.29) is 22.3 Å². The van der Waals surface area contributed by atoms with E-state index < -0.39 is 172 Å². The van der Waals surface area contributed by atoms with E-state index in [4.69, 9.17) is 75.8 Å². The zero-order chi connectivity index (χ0) is 64.8. The minimum absolute atomic E-state index is 0.000467. The maximum Gasteiger partial charge on any atom is 0.338 e. The molecule has 89 heavy (non-hydrogen) atoms. The van der Waals surface area contributed by atoms with Crippen LogP contribution in [-0.4, -0.2) is 179 Å². The molecular formula is C63H70O26. The summed E-state index contributed by atoms with van der Waals surface area (Å²) in [7, 11) is 1.18. The molecule has 3 heterocycles. The maximum atomic E-state index is 14.5. The van der Waals surface area contributed by atoms with Crippen LogP contribution in [0.1, 0.15) is 105 Å². The van der Waals surface area contributed by atoms with Gasteiger partial charge in [0.1, 0.15) is 24.9 Å². The topological polar surface area (TPSA) is 318 Å². The van der Waals surface area contributed by atoms with Gasteiger partial charge in [0.25, 0.3) is 0 Å². The normalized spacial score (nSPS) is 26.4. The Morgan fingerprint density at radius 3 is 0.876 bits per heavy atom. The van der Waals surface area contributed by atoms with Gasteiger partial charge in [-0.15, -0.1) is 0 Å². The highest BCUT2D eigenvalue weighted by molar-refractivity contribution is 5.92. The summed E-state index contributed by atoms with van der Waals surface area (Å²) < 4.78 is 95.7. The van der Waals surface area contributed by atoms with Crippen LogP contribution < -0.4 is 0 Å². The highest BCUT2D eigenvalue weighted by Crippen LogP contribution is 2.36. The minimum Gasteiger partial charge on any atom is -0.459 e. The lowest BCUT2D eigenvalue weighted by Crippen LogP contribution is -2.65. The van der Waals surface area contributed by atoms with Crippen LogP contribution in [0.5, 0.6) is 0 Å². The highest BCUT2D eigenvalue weighted by atomic mass is 16.8. The number of ether oxygens (including phenoxy) is 16. The monoisotopic (exact) mass is 1240 g/mol. The van der Waals surface area contributed by atoms with Gasteiger partial charge in [-0.05, 0) is 76.2 Å². The molecule has 4 aromatic carbocycles. The van der Waals surface area contributed by atoms with Crippen molar-refractivity contribution >= 4 is 59.7 Å². The molecule has 7 rings (SSSR count). The van der Waals surface area contributed by atoms with E-state index in [1.165, 1.54) is 55.6 Å². The number of rotatable bonds is 22. The Morgan fingerprint density at radius 2 is 0.539 bits per heavy atom. The minimum atomic E-state index is -1.98. The van der Waals surface area contributed by atoms with Gasteiger partial charge >= 0.3 is 59.7 Å². The van der Waals surface area contributed by atoms with E-state index in [0.29, 0.717) is 0 Å². The maximum absolute atomic E-state index is 14.5. The summed E-state index contributed by atoms with van der Waals surface area (Å²) in [5.41, 5.74) is 3.31. The average molecular weight is 1240 g/mol. The molecule has 0 spiro atoms. The second kappa shape index (κ2) is 31.0. The standard InChI is InChI=1S/C63H70O26/c1-31-12-20-41(21-13-31)57(70)75-28-45-50(87-58(71)42-22-14-32(2)15-23-42)53(88-59(72)43-24-16-33(3)17-25-43)56(89-60(73)44-26-18-34(4)19-27-44)63(85-45)77-30-47-49(79-36(6)65)52(81-38(8)67)55(83-40(10)69)62(86-47)76-29-46-48(78-35(5)64)51(80-37(7)66)54(82-39(9)68)61(74-11)84-46/h12-27,45-56,61-63H,28-30H2,1-11H3/t45-,46-,47-,48-,49-,50-,51+,52+,53+,54-,55-,56-,61+,62-,63-/m1/s1. The van der Waals surface area contributed by atoms with Crippen molar-refractivity contribution in [3.8, 4) is 0 Å². The molecule has 26 heteroatoms. The SMILES string of the molecule is CO[C@H]1O[C@H](CO[C@@H]2O[C@H](CO[C@@H]3O[C@H](COC(=O)c4ccc(C)cc4)[C@@H](OC(=O)c4ccc(C)cc4)[C@H](OC(=O)c4ccc(C)cc4)[C@H]3OC(=O)c3ccc(C)cc3)[C@@H](OC(C)=O)[C@H](OC(C)=O)[C@H]2OC(C)=O)[C@@H](OC(C)=O)[C@H](OC(C)=O)[C@H]1OC(C)=O. The van der Waals surface area contributed by atoms with Crippen molar-refractivity contribution in [1.29, 1.82) is 0 Å². The highest BCUT2D eigenvalue weighted by Gasteiger charge is 2.58. The van der Waals surface area contributed by atoms with E-state index >= 15 is 0 Å². The molecule has 15 atom stereocenters. The summed E-state index contributed by atoms with van der Waals surface area (Å²) in [6.45, 7) is 11.0. The fraction of sp³-hybridized carbons (Fsp3) is 0.460. The molecule has 0 saturated carbocycles. The van der Waals surface area contributed by atoms with Crippen molar-refractivity contribution in [2.24, 2.45) is 0 Å². The van der Waals surface area contributed by atoms with Crippen molar-refractivity contribution in [2.45, 2.75) is 161 Å². The van der Waals surface area contributed by atoms with Gasteiger partial charge in [0.05, 0.1) is 35.5 Å². The lowest BCUT2D eigenvalue weighted by molar-refractivity contribution is -0.342. The second-order valence-electron chi connectivity index (χ2n) is 21.1. The number of carbonyl (C=O) groups is 10. The van der Waals surface area contributed by atoms with Gasteiger partial charge in [0, 0.05) is 48.7 Å². The summed E-state index contributed by atoms with van der Waals surface area (Å²) >= 11 is 0. The van der Waals surface area contributed by atoms with Gasteiger partial charge in [-0.2, -0.15) is 0 Å². The third-order valence-electron chi connectivity index (χ3n) is 13.9. The van der Waals surface area contributed by atoms with E-state index in [1.54, 1.807) is 69.3 Å². The van der Waals surface area contributed by atoms with Crippen LogP contribution in [0.15, 0.2) is 97.1 Å². The summed E-state index contributed by atoms with van der Waals surface area (Å²) in [4.78, 5) is 134. The van der Waals surface area contributed by atoms with Gasteiger partial charge in [-0.1, -0.05) is 70.8 Å². The van der Waals surface area contributed by atoms with Gasteiger partial charge in [-0.3, -0.25) is 28.8 Å². The molecule has 3 aliphatic rings. The molecule has 0 radical (unpaired) electrons. The Labute approximate surface area is 511 Å². The molecule has 0 aliphatic carbocycles. The first-order valence-corrected chi connectivity index (χ1v) is 28.1. The fourth-order valence-electron chi connectivity index (χ4n) is 9.80. The van der Waals surface area contributed by atoms with Crippen molar-refractivity contribution in [3.05, 3.63) is 142 Å². The Balaban J connectivity index is 1.33. The lowest BCUT2D eigenvalue weighted by atomic mass is 9.96. The first-order valence-electron chi connectivity index (χ1n) is 28.1. The quantitative estimate of drug-likeness (QED) is 0.0721. The molecule has 3 aliphatic heterocycles. The fourth-order valence-corrected chi connectivity index (χ4v) is 9.80. The van der Waals surface area contributed by atoms with Gasteiger partial charge in [0.15, 0.2) is 73.8 Å². The molecule has 0 bridgehead atoms. The molecule has 478 valence electrons. The molecule has 0 unspecified atom stereocenters. The largest absolute Gasteiger partial charge is 0.459 e. The summed E-state index contributed by atoms with van der Waals surface area (Å²) in [5.74, 6) is -9.51. The number of methoxy groups -OCH3 is 1. The van der Waals surface area contributed by atoms with Gasteiger partial charge < -0.3 is 75.8 Å². The van der Waals surface area contributed by atoms with Crippen LogP contribution in [0.4, 0.5) is 0 Å². The zero-order valence-electron chi connectivity index (χ0n) is 50.6. The molecule has 4 aromatic rings. The zero-order valence-corrected chi connectivity index (χ0v) is 50.6. The number of carbonyl (C=O) groups excluding carboxylic acids is 10. The van der Waals surface area contributed by atoms with Crippen molar-refractivity contribution in [3.63, 3.8) is 0 Å². The molecular weight excluding hydrogens is 1170 g/mol. The van der Waals surface area contributed by atoms with E-state index in [1.807, 2.05) is 6.92 Å². The molecule has 3 fully saturated rings. The van der Waals surface area contributed by atoms with Crippen LogP contribution in [0, 0.1) is 27.7 Å². The number of hydrogen-bond donors (Lipinski definition) is 0. The van der Waals surface area contributed by atoms with Crippen molar-refractivity contribution in [1.82, 2.24) is 0 Å². The number of benzene rings is 4. The summed E-state index contributed by atoms with van der Waals surface area (Å²) in [6, 6.07) is 25.0. The Hall–Kier alpha value is -8.66. The van der Waals surface area contributed by atoms with Crippen LogP contribution in [0.3, 0.4) is 0 Å². The third kappa shape index (κ3) is 18.5. The predicted molar refractivity (Wildman–Crippen MR) is 301 cm³/mol. The third-order valence-corrected chi connectivity index (χ3v) is 13.9. The Kier molecular flexibility index (Phi) is 23.6. The van der Waals surface area contributed by atoms with Crippen molar-refractivity contribution < 1.29 is 124 Å². The van der Waals surface area contributed by atoms with E-state index in [2.05, 4.69) is 0 Å². The lowest BCUT2D eigenvalue weighted by Gasteiger charge is -2.47. The summed E-state index contributed by atoms with van der Waals surface area (Å²) in [6.07, 6.45) is -26.0. The molecule has 26 nitrogen and oxygen atoms in total. The number of esters is 10. The van der Waals surface area contributed by atoms with E-state index in [0.717, 1.165) is 63.8 Å². The summed E-state index contributed by atoms with van der Waals surface area (Å²) in [5, 5.41) is 0.